The first kappa shape index (κ1) is 24.5. The molecule has 0 saturated carbocycles. The zero-order valence-electron chi connectivity index (χ0n) is 17.5. The van der Waals surface area contributed by atoms with Crippen molar-refractivity contribution in [1.82, 2.24) is 5.43 Å². The van der Waals surface area contributed by atoms with Crippen LogP contribution in [0.3, 0.4) is 0 Å². The molecule has 6 nitrogen and oxygen atoms in total. The number of nitrogens with one attached hydrogen (secondary N) is 2. The molecule has 0 aliphatic carbocycles. The molecule has 9 heteroatoms. The smallest absolute Gasteiger partial charge is 0.262 e. The molecule has 3 rings (SSSR count). The van der Waals surface area contributed by atoms with Crippen LogP contribution in [0.15, 0.2) is 82.4 Å². The van der Waals surface area contributed by atoms with Gasteiger partial charge >= 0.3 is 0 Å². The van der Waals surface area contributed by atoms with Crippen LogP contribution in [0.2, 0.25) is 0 Å². The van der Waals surface area contributed by atoms with E-state index in [4.69, 9.17) is 4.74 Å². The van der Waals surface area contributed by atoms with Gasteiger partial charge in [-0.25, -0.2) is 9.82 Å². The number of hydrogen-bond donors (Lipinski definition) is 2. The van der Waals surface area contributed by atoms with Crippen LogP contribution in [0.25, 0.3) is 0 Å². The maximum atomic E-state index is 12.9. The molecule has 33 heavy (non-hydrogen) atoms. The van der Waals surface area contributed by atoms with Crippen molar-refractivity contribution in [3.8, 4) is 5.75 Å². The Hall–Kier alpha value is -3.17. The van der Waals surface area contributed by atoms with Crippen LogP contribution in [0.5, 0.6) is 5.75 Å². The second kappa shape index (κ2) is 12.8. The molecule has 0 aliphatic heterocycles. The third-order valence-electron chi connectivity index (χ3n) is 4.23. The molecule has 0 bridgehead atoms. The van der Waals surface area contributed by atoms with Gasteiger partial charge in [-0.15, -0.1) is 11.8 Å². The Morgan fingerprint density at radius 2 is 1.73 bits per heavy atom. The summed E-state index contributed by atoms with van der Waals surface area (Å²) in [5.41, 5.74) is 4.89. The molecule has 0 aromatic heterocycles. The van der Waals surface area contributed by atoms with Crippen LogP contribution >= 0.6 is 27.7 Å². The van der Waals surface area contributed by atoms with Gasteiger partial charge in [-0.3, -0.25) is 9.59 Å². The summed E-state index contributed by atoms with van der Waals surface area (Å²) in [6.45, 7) is -0.182. The van der Waals surface area contributed by atoms with Crippen molar-refractivity contribution in [2.24, 2.45) is 5.10 Å². The predicted molar refractivity (Wildman–Crippen MR) is 133 cm³/mol. The van der Waals surface area contributed by atoms with Crippen molar-refractivity contribution < 1.29 is 18.7 Å². The van der Waals surface area contributed by atoms with E-state index in [0.29, 0.717) is 17.2 Å². The Balaban J connectivity index is 1.36. The third kappa shape index (κ3) is 8.70. The highest BCUT2D eigenvalue weighted by molar-refractivity contribution is 9.10. The molecular weight excluding hydrogens is 509 g/mol. The minimum Gasteiger partial charge on any atom is -0.484 e. The Bertz CT molecular complexity index is 1110. The standard InChI is InChI=1S/C24H21BrFN3O3S/c25-22-4-2-1-3-18(22)15-33-16-24(31)29-27-13-17-5-11-21(12-6-17)32-14-23(30)28-20-9-7-19(26)8-10-20/h1-13H,14-16H2,(H,28,30)(H,29,31). The van der Waals surface area contributed by atoms with Gasteiger partial charge in [-0.2, -0.15) is 5.10 Å². The zero-order valence-corrected chi connectivity index (χ0v) is 19.9. The number of hydrogen-bond acceptors (Lipinski definition) is 5. The van der Waals surface area contributed by atoms with Gasteiger partial charge < -0.3 is 10.1 Å². The largest absolute Gasteiger partial charge is 0.484 e. The fourth-order valence-electron chi connectivity index (χ4n) is 2.61. The van der Waals surface area contributed by atoms with Crippen molar-refractivity contribution in [3.63, 3.8) is 0 Å². The van der Waals surface area contributed by atoms with Crippen LogP contribution in [-0.2, 0) is 15.3 Å². The summed E-state index contributed by atoms with van der Waals surface area (Å²) in [4.78, 5) is 23.8. The number of carbonyl (C=O) groups excluding carboxylic acids is 2. The summed E-state index contributed by atoms with van der Waals surface area (Å²) in [7, 11) is 0. The summed E-state index contributed by atoms with van der Waals surface area (Å²) >= 11 is 4.99. The van der Waals surface area contributed by atoms with E-state index in [0.717, 1.165) is 21.4 Å². The van der Waals surface area contributed by atoms with E-state index in [1.165, 1.54) is 42.2 Å². The molecule has 0 fully saturated rings. The average molecular weight is 530 g/mol. The van der Waals surface area contributed by atoms with Crippen molar-refractivity contribution in [2.75, 3.05) is 17.7 Å². The number of thioether (sulfide) groups is 1. The average Bonchev–Trinajstić information content (AvgIpc) is 2.81. The summed E-state index contributed by atoms with van der Waals surface area (Å²) in [6, 6.07) is 20.3. The normalized spacial score (nSPS) is 10.7. The quantitative estimate of drug-likeness (QED) is 0.286. The third-order valence-corrected chi connectivity index (χ3v) is 5.98. The van der Waals surface area contributed by atoms with Gasteiger partial charge in [0.1, 0.15) is 11.6 Å². The maximum Gasteiger partial charge on any atom is 0.262 e. The number of carbonyl (C=O) groups is 2. The Morgan fingerprint density at radius 1 is 1.00 bits per heavy atom. The van der Waals surface area contributed by atoms with Gasteiger partial charge in [-0.1, -0.05) is 34.1 Å². The van der Waals surface area contributed by atoms with E-state index in [-0.39, 0.29) is 24.2 Å². The molecule has 2 amide bonds. The highest BCUT2D eigenvalue weighted by atomic mass is 79.9. The Kier molecular flexibility index (Phi) is 9.46. The number of nitrogens with zero attached hydrogens (tertiary/aromatic N) is 1. The Labute approximate surface area is 203 Å². The summed E-state index contributed by atoms with van der Waals surface area (Å²) in [5.74, 6) is 0.618. The number of benzene rings is 3. The Morgan fingerprint density at radius 3 is 2.45 bits per heavy atom. The highest BCUT2D eigenvalue weighted by Crippen LogP contribution is 2.21. The fraction of sp³-hybridized carbons (Fsp3) is 0.125. The van der Waals surface area contributed by atoms with Gasteiger partial charge in [0.15, 0.2) is 6.61 Å². The molecule has 0 radical (unpaired) electrons. The molecular formula is C24H21BrFN3O3S. The van der Waals surface area contributed by atoms with Crippen molar-refractivity contribution in [2.45, 2.75) is 5.75 Å². The van der Waals surface area contributed by atoms with Crippen LogP contribution in [0, 0.1) is 5.82 Å². The number of rotatable bonds is 10. The van der Waals surface area contributed by atoms with E-state index in [1.54, 1.807) is 24.3 Å². The molecule has 2 N–H and O–H groups in total. The van der Waals surface area contributed by atoms with Crippen LogP contribution < -0.4 is 15.5 Å². The minimum atomic E-state index is -0.372. The summed E-state index contributed by atoms with van der Waals surface area (Å²) in [5, 5.41) is 6.58. The molecule has 0 aliphatic rings. The molecule has 0 saturated heterocycles. The fourth-order valence-corrected chi connectivity index (χ4v) is 4.04. The van der Waals surface area contributed by atoms with Gasteiger partial charge in [0, 0.05) is 15.9 Å². The van der Waals surface area contributed by atoms with Crippen molar-refractivity contribution >= 4 is 51.4 Å². The number of halogens is 2. The summed E-state index contributed by atoms with van der Waals surface area (Å²) < 4.78 is 19.4. The molecule has 0 atom stereocenters. The number of amides is 2. The van der Waals surface area contributed by atoms with Crippen molar-refractivity contribution in [3.05, 3.63) is 94.2 Å². The van der Waals surface area contributed by atoms with Crippen molar-refractivity contribution in [1.29, 1.82) is 0 Å². The van der Waals surface area contributed by atoms with Gasteiger partial charge in [0.25, 0.3) is 5.91 Å². The van der Waals surface area contributed by atoms with Gasteiger partial charge in [-0.05, 0) is 65.7 Å². The summed E-state index contributed by atoms with van der Waals surface area (Å²) in [6.07, 6.45) is 1.53. The lowest BCUT2D eigenvalue weighted by molar-refractivity contribution is -0.119. The SMILES string of the molecule is O=C(CSCc1ccccc1Br)NN=Cc1ccc(OCC(=O)Nc2ccc(F)cc2)cc1. The number of anilines is 1. The molecule has 3 aromatic carbocycles. The van der Waals surface area contributed by atoms with E-state index in [1.807, 2.05) is 24.3 Å². The number of ether oxygens (including phenoxy) is 1. The molecule has 3 aromatic rings. The highest BCUT2D eigenvalue weighted by Gasteiger charge is 2.05. The molecule has 0 heterocycles. The first-order chi connectivity index (χ1) is 16.0. The second-order valence-electron chi connectivity index (χ2n) is 6.79. The molecule has 170 valence electrons. The monoisotopic (exact) mass is 529 g/mol. The lowest BCUT2D eigenvalue weighted by atomic mass is 10.2. The van der Waals surface area contributed by atoms with Crippen LogP contribution in [0.4, 0.5) is 10.1 Å². The van der Waals surface area contributed by atoms with Gasteiger partial charge in [0.2, 0.25) is 5.91 Å². The lowest BCUT2D eigenvalue weighted by Gasteiger charge is -2.07. The van der Waals surface area contributed by atoms with E-state index >= 15 is 0 Å². The number of hydrazone groups is 1. The zero-order chi connectivity index (χ0) is 23.5. The van der Waals surface area contributed by atoms with Gasteiger partial charge in [0.05, 0.1) is 12.0 Å². The first-order valence-corrected chi connectivity index (χ1v) is 11.9. The van der Waals surface area contributed by atoms with E-state index in [2.05, 4.69) is 31.8 Å². The predicted octanol–water partition coefficient (Wildman–Crippen LogP) is 4.99. The maximum absolute atomic E-state index is 12.9. The first-order valence-electron chi connectivity index (χ1n) is 9.91. The van der Waals surface area contributed by atoms with Crippen LogP contribution in [0.1, 0.15) is 11.1 Å². The second-order valence-corrected chi connectivity index (χ2v) is 8.63. The van der Waals surface area contributed by atoms with E-state index < -0.39 is 0 Å². The topological polar surface area (TPSA) is 79.8 Å². The lowest BCUT2D eigenvalue weighted by Crippen LogP contribution is -2.20. The minimum absolute atomic E-state index is 0.182. The molecule has 0 spiro atoms. The van der Waals surface area contributed by atoms with Crippen LogP contribution in [-0.4, -0.2) is 30.4 Å². The van der Waals surface area contributed by atoms with E-state index in [9.17, 15) is 14.0 Å². The molecule has 0 unspecified atom stereocenters.